The van der Waals surface area contributed by atoms with Gasteiger partial charge in [-0.25, -0.2) is 4.98 Å². The van der Waals surface area contributed by atoms with Gasteiger partial charge in [0.15, 0.2) is 6.29 Å². The summed E-state index contributed by atoms with van der Waals surface area (Å²) >= 11 is 7.64. The van der Waals surface area contributed by atoms with Crippen molar-refractivity contribution in [2.45, 2.75) is 39.5 Å². The Hall–Kier alpha value is -1.72. The number of aryl methyl sites for hydroxylation is 1. The highest BCUT2D eigenvalue weighted by molar-refractivity contribution is 7.16. The van der Waals surface area contributed by atoms with Gasteiger partial charge in [0, 0.05) is 16.5 Å². The largest absolute Gasteiger partial charge is 0.296 e. The number of benzene rings is 1. The lowest BCUT2D eigenvalue weighted by atomic mass is 10.1. The molecule has 1 aromatic carbocycles. The van der Waals surface area contributed by atoms with Gasteiger partial charge in [0.25, 0.3) is 0 Å². The number of nitrogens with zero attached hydrogens (tertiary/aromatic N) is 3. The fraction of sp³-hybridized carbons (Fsp3) is 0.353. The number of hydrogen-bond acceptors (Lipinski definition) is 4. The van der Waals surface area contributed by atoms with Crippen LogP contribution in [0.15, 0.2) is 18.2 Å². The first-order valence-electron chi connectivity index (χ1n) is 7.70. The van der Waals surface area contributed by atoms with Gasteiger partial charge < -0.3 is 0 Å². The lowest BCUT2D eigenvalue weighted by Crippen LogP contribution is -1.99. The van der Waals surface area contributed by atoms with Crippen LogP contribution in [0.3, 0.4) is 0 Å². The van der Waals surface area contributed by atoms with Crippen LogP contribution in [0, 0.1) is 6.92 Å². The van der Waals surface area contributed by atoms with Crippen molar-refractivity contribution < 1.29 is 4.79 Å². The molecule has 3 rings (SSSR count). The number of carbonyl (C=O) groups is 1. The molecule has 0 spiro atoms. The molecule has 0 saturated carbocycles. The van der Waals surface area contributed by atoms with E-state index < -0.39 is 0 Å². The molecule has 120 valence electrons. The molecule has 0 amide bonds. The zero-order valence-corrected chi connectivity index (χ0v) is 14.9. The van der Waals surface area contributed by atoms with Crippen molar-refractivity contribution >= 4 is 34.2 Å². The minimum Gasteiger partial charge on any atom is -0.296 e. The van der Waals surface area contributed by atoms with Crippen LogP contribution in [0.5, 0.6) is 0 Å². The second kappa shape index (κ2) is 6.42. The first-order valence-corrected chi connectivity index (χ1v) is 8.89. The SMILES string of the molecule is CCC(CC)c1nn2c(C=O)c(-c3ccc(Cl)c(C)c3)nc2s1. The lowest BCUT2D eigenvalue weighted by Gasteiger charge is -2.06. The van der Waals surface area contributed by atoms with Crippen LogP contribution in [0.1, 0.15) is 53.7 Å². The van der Waals surface area contributed by atoms with Gasteiger partial charge in [-0.3, -0.25) is 4.79 Å². The van der Waals surface area contributed by atoms with Crippen molar-refractivity contribution in [2.75, 3.05) is 0 Å². The van der Waals surface area contributed by atoms with Crippen LogP contribution in [-0.2, 0) is 0 Å². The molecule has 0 N–H and O–H groups in total. The second-order valence-corrected chi connectivity index (χ2v) is 6.97. The van der Waals surface area contributed by atoms with Crippen molar-refractivity contribution in [1.29, 1.82) is 0 Å². The Balaban J connectivity index is 2.13. The highest BCUT2D eigenvalue weighted by Crippen LogP contribution is 2.32. The molecule has 4 nitrogen and oxygen atoms in total. The van der Waals surface area contributed by atoms with E-state index in [0.717, 1.165) is 40.2 Å². The van der Waals surface area contributed by atoms with E-state index in [4.69, 9.17) is 11.6 Å². The second-order valence-electron chi connectivity index (χ2n) is 5.58. The van der Waals surface area contributed by atoms with Gasteiger partial charge in [0.05, 0.1) is 0 Å². The molecular formula is C17H18ClN3OS. The highest BCUT2D eigenvalue weighted by atomic mass is 35.5. The summed E-state index contributed by atoms with van der Waals surface area (Å²) in [7, 11) is 0. The van der Waals surface area contributed by atoms with Crippen molar-refractivity contribution in [2.24, 2.45) is 0 Å². The molecular weight excluding hydrogens is 330 g/mol. The Labute approximate surface area is 144 Å². The Morgan fingerprint density at radius 1 is 1.35 bits per heavy atom. The predicted molar refractivity (Wildman–Crippen MR) is 94.8 cm³/mol. The Bertz CT molecular complexity index is 864. The summed E-state index contributed by atoms with van der Waals surface area (Å²) in [5.74, 6) is 0.419. The number of aldehydes is 1. The van der Waals surface area contributed by atoms with Crippen LogP contribution in [-0.4, -0.2) is 20.9 Å². The number of hydrogen-bond donors (Lipinski definition) is 0. The zero-order chi connectivity index (χ0) is 16.6. The Kier molecular flexibility index (Phi) is 4.50. The zero-order valence-electron chi connectivity index (χ0n) is 13.3. The van der Waals surface area contributed by atoms with Crippen molar-refractivity contribution in [3.05, 3.63) is 39.5 Å². The smallest absolute Gasteiger partial charge is 0.213 e. The fourth-order valence-corrected chi connectivity index (χ4v) is 3.98. The van der Waals surface area contributed by atoms with Crippen LogP contribution >= 0.6 is 22.9 Å². The molecule has 0 atom stereocenters. The fourth-order valence-electron chi connectivity index (χ4n) is 2.69. The summed E-state index contributed by atoms with van der Waals surface area (Å²) in [6, 6.07) is 5.66. The molecule has 0 saturated heterocycles. The first kappa shape index (κ1) is 16.1. The Morgan fingerprint density at radius 3 is 2.70 bits per heavy atom. The summed E-state index contributed by atoms with van der Waals surface area (Å²) < 4.78 is 1.67. The maximum Gasteiger partial charge on any atom is 0.213 e. The van der Waals surface area contributed by atoms with E-state index in [9.17, 15) is 4.79 Å². The molecule has 6 heteroatoms. The molecule has 0 unspecified atom stereocenters. The maximum absolute atomic E-state index is 11.6. The van der Waals surface area contributed by atoms with Gasteiger partial charge in [-0.15, -0.1) is 0 Å². The van der Waals surface area contributed by atoms with Crippen molar-refractivity contribution in [3.8, 4) is 11.3 Å². The van der Waals surface area contributed by atoms with E-state index in [-0.39, 0.29) is 0 Å². The highest BCUT2D eigenvalue weighted by Gasteiger charge is 2.20. The minimum atomic E-state index is 0.419. The van der Waals surface area contributed by atoms with Gasteiger partial charge >= 0.3 is 0 Å². The summed E-state index contributed by atoms with van der Waals surface area (Å²) in [5.41, 5.74) is 3.00. The van der Waals surface area contributed by atoms with E-state index >= 15 is 0 Å². The van der Waals surface area contributed by atoms with Crippen LogP contribution in [0.4, 0.5) is 0 Å². The third-order valence-electron chi connectivity index (χ3n) is 4.13. The molecule has 23 heavy (non-hydrogen) atoms. The number of aromatic nitrogens is 3. The van der Waals surface area contributed by atoms with Crippen LogP contribution in [0.2, 0.25) is 5.02 Å². The molecule has 0 bridgehead atoms. The van der Waals surface area contributed by atoms with Gasteiger partial charge in [-0.2, -0.15) is 9.61 Å². The molecule has 0 fully saturated rings. The van der Waals surface area contributed by atoms with Crippen LogP contribution < -0.4 is 0 Å². The normalized spacial score (nSPS) is 11.5. The number of rotatable bonds is 5. The first-order chi connectivity index (χ1) is 11.1. The molecule has 0 radical (unpaired) electrons. The van der Waals surface area contributed by atoms with Crippen molar-refractivity contribution in [3.63, 3.8) is 0 Å². The van der Waals surface area contributed by atoms with E-state index in [1.54, 1.807) is 15.9 Å². The lowest BCUT2D eigenvalue weighted by molar-refractivity contribution is 0.111. The van der Waals surface area contributed by atoms with Gasteiger partial charge in [-0.1, -0.05) is 42.9 Å². The van der Waals surface area contributed by atoms with Crippen molar-refractivity contribution in [1.82, 2.24) is 14.6 Å². The summed E-state index contributed by atoms with van der Waals surface area (Å²) in [5, 5.41) is 6.37. The molecule has 0 aliphatic rings. The Morgan fingerprint density at radius 2 is 2.09 bits per heavy atom. The number of carbonyl (C=O) groups excluding carboxylic acids is 1. The summed E-state index contributed by atoms with van der Waals surface area (Å²) in [6.07, 6.45) is 2.90. The van der Waals surface area contributed by atoms with Gasteiger partial charge in [-0.05, 0) is 37.5 Å². The van der Waals surface area contributed by atoms with Crippen LogP contribution in [0.25, 0.3) is 16.2 Å². The molecule has 3 aromatic rings. The third kappa shape index (κ3) is 2.79. The third-order valence-corrected chi connectivity index (χ3v) is 5.63. The predicted octanol–water partition coefficient (Wildman–Crippen LogP) is 5.14. The number of fused-ring (bicyclic) bond motifs is 1. The quantitative estimate of drug-likeness (QED) is 0.600. The van der Waals surface area contributed by atoms with E-state index in [2.05, 4.69) is 23.9 Å². The molecule has 0 aliphatic carbocycles. The van der Waals surface area contributed by atoms with Gasteiger partial charge in [0.2, 0.25) is 4.96 Å². The summed E-state index contributed by atoms with van der Waals surface area (Å²) in [6.45, 7) is 6.25. The molecule has 2 aromatic heterocycles. The maximum atomic E-state index is 11.6. The number of imidazole rings is 1. The van der Waals surface area contributed by atoms with E-state index in [1.165, 1.54) is 0 Å². The van der Waals surface area contributed by atoms with E-state index in [1.807, 2.05) is 25.1 Å². The average Bonchev–Trinajstić information content (AvgIpc) is 3.08. The molecule has 2 heterocycles. The topological polar surface area (TPSA) is 47.3 Å². The molecule has 0 aliphatic heterocycles. The minimum absolute atomic E-state index is 0.419. The summed E-state index contributed by atoms with van der Waals surface area (Å²) in [4.78, 5) is 17.0. The number of halogens is 1. The van der Waals surface area contributed by atoms with E-state index in [0.29, 0.717) is 22.3 Å². The van der Waals surface area contributed by atoms with Gasteiger partial charge in [0.1, 0.15) is 16.4 Å². The monoisotopic (exact) mass is 347 g/mol. The standard InChI is InChI=1S/C17H18ClN3OS/c1-4-11(5-2)16-20-21-14(9-22)15(19-17(21)23-16)12-6-7-13(18)10(3)8-12/h6-9,11H,4-5H2,1-3H3. The average molecular weight is 348 g/mol.